The van der Waals surface area contributed by atoms with E-state index in [1.165, 1.54) is 31.3 Å². The van der Waals surface area contributed by atoms with E-state index in [-0.39, 0.29) is 72.3 Å². The zero-order chi connectivity index (χ0) is 50.5. The number of alkyl carbamates (subject to hydrolysis) is 2. The summed E-state index contributed by atoms with van der Waals surface area (Å²) in [7, 11) is 2.51. The van der Waals surface area contributed by atoms with Gasteiger partial charge in [-0.3, -0.25) is 9.59 Å². The van der Waals surface area contributed by atoms with Gasteiger partial charge in [0.1, 0.15) is 29.4 Å². The van der Waals surface area contributed by atoms with Crippen molar-refractivity contribution in [1.29, 1.82) is 0 Å². The van der Waals surface area contributed by atoms with Gasteiger partial charge in [-0.05, 0) is 97.9 Å². The number of nitrogens with one attached hydrogen (secondary N) is 4. The second-order valence-corrected chi connectivity index (χ2v) is 20.0. The van der Waals surface area contributed by atoms with Crippen molar-refractivity contribution in [2.45, 2.75) is 121 Å². The number of fused-ring (bicyclic) bond motifs is 2. The van der Waals surface area contributed by atoms with Crippen LogP contribution in [0, 0.1) is 23.5 Å². The molecule has 4 fully saturated rings. The first-order valence-electron chi connectivity index (χ1n) is 24.6. The van der Waals surface area contributed by atoms with Crippen molar-refractivity contribution in [2.75, 3.05) is 50.2 Å². The molecule has 0 radical (unpaired) electrons. The highest BCUT2D eigenvalue weighted by atomic mass is 19.3. The first kappa shape index (κ1) is 49.4. The maximum Gasteiger partial charge on any atom is 0.407 e. The summed E-state index contributed by atoms with van der Waals surface area (Å²) >= 11 is 0. The molecule has 20 heteroatoms. The number of anilines is 2. The Labute approximate surface area is 409 Å². The van der Waals surface area contributed by atoms with Crippen LogP contribution in [0.15, 0.2) is 48.5 Å². The minimum Gasteiger partial charge on any atom is -0.453 e. The normalized spacial score (nSPS) is 22.2. The number of halogens is 4. The second kappa shape index (κ2) is 19.9. The van der Waals surface area contributed by atoms with Crippen LogP contribution >= 0.6 is 0 Å². The summed E-state index contributed by atoms with van der Waals surface area (Å²) in [4.78, 5) is 75.9. The van der Waals surface area contributed by atoms with E-state index in [1.54, 1.807) is 9.80 Å². The number of aromatic amines is 2. The van der Waals surface area contributed by atoms with Crippen LogP contribution in [0.3, 0.4) is 0 Å². The van der Waals surface area contributed by atoms with Gasteiger partial charge in [0.25, 0.3) is 5.92 Å². The topological polar surface area (TPSA) is 181 Å². The quantitative estimate of drug-likeness (QED) is 0.0881. The SMILES string of the molecule is COC(=O)N[C@H](C(=O)N1CCC[C@H]1c1nc2cc([C@H]3CC[C@H](c4ccc5[nH]c([C@@H]6CCCN6C(=O)[C@@H](NC(=O)OC)C(C)C)nc5c4)N3c3cc(F)c(N4CCC(F)(F)CC4)c(F)c3)ccc2[nH]1)C(C)C. The number of imidazole rings is 2. The first-order chi connectivity index (χ1) is 33.9. The summed E-state index contributed by atoms with van der Waals surface area (Å²) < 4.78 is 70.7. The number of benzene rings is 3. The highest BCUT2D eigenvalue weighted by Gasteiger charge is 2.42. The predicted octanol–water partition coefficient (Wildman–Crippen LogP) is 9.12. The second-order valence-electron chi connectivity index (χ2n) is 20.0. The predicted molar refractivity (Wildman–Crippen MR) is 258 cm³/mol. The van der Waals surface area contributed by atoms with Crippen LogP contribution in [0.1, 0.15) is 126 Å². The number of hydrogen-bond donors (Lipinski definition) is 4. The molecule has 0 spiro atoms. The van der Waals surface area contributed by atoms with Gasteiger partial charge in [-0.2, -0.15) is 0 Å². The van der Waals surface area contributed by atoms with Crippen LogP contribution in [0.2, 0.25) is 0 Å². The molecule has 3 aromatic carbocycles. The number of ether oxygens (including phenoxy) is 2. The molecule has 0 saturated carbocycles. The Morgan fingerprint density at radius 1 is 0.648 bits per heavy atom. The molecular formula is C51H62F4N10O6. The standard InChI is InChI=1S/C51H62F4N10O6/c1-27(2)42(60-49(68)70-5)47(66)63-19-7-9-40(63)45-56-34-13-11-29(23-36(34)58-45)38-15-16-39(65(38)31-25-32(52)44(33(53)26-31)62-21-17-51(54,55)18-22-62)30-12-14-35-37(24-30)59-46(57-35)41-10-8-20-64(41)48(67)43(28(3)4)61-50(69)71-6/h11-14,23-28,38-43H,7-10,15-22H2,1-6H3,(H,56,58)(H,57,59)(H,60,68)(H,61,69)/t38-,39-,40+,41+,42+,43+/m1/s1. The van der Waals surface area contributed by atoms with Crippen molar-refractivity contribution >= 4 is 57.4 Å². The third-order valence-corrected chi connectivity index (χ3v) is 14.8. The summed E-state index contributed by atoms with van der Waals surface area (Å²) in [5.74, 6) is -4.22. The summed E-state index contributed by atoms with van der Waals surface area (Å²) in [5, 5.41) is 5.37. The fourth-order valence-corrected chi connectivity index (χ4v) is 11.1. The molecule has 4 amide bonds. The van der Waals surface area contributed by atoms with Crippen LogP contribution < -0.4 is 20.4 Å². The Morgan fingerprint density at radius 3 is 1.49 bits per heavy atom. The first-order valence-corrected chi connectivity index (χ1v) is 24.6. The zero-order valence-corrected chi connectivity index (χ0v) is 40.9. The molecule has 4 N–H and O–H groups in total. The number of carbonyl (C=O) groups excluding carboxylic acids is 4. The number of nitrogens with zero attached hydrogens (tertiary/aromatic N) is 6. The summed E-state index contributed by atoms with van der Waals surface area (Å²) in [6, 6.07) is 11.2. The molecule has 4 saturated heterocycles. The number of H-pyrrole nitrogens is 2. The van der Waals surface area contributed by atoms with E-state index < -0.39 is 54.7 Å². The number of amides is 4. The largest absolute Gasteiger partial charge is 0.453 e. The number of rotatable bonds is 12. The molecule has 9 rings (SSSR count). The van der Waals surface area contributed by atoms with E-state index in [2.05, 4.69) is 20.6 Å². The van der Waals surface area contributed by atoms with Crippen molar-refractivity contribution in [1.82, 2.24) is 40.4 Å². The highest BCUT2D eigenvalue weighted by molar-refractivity contribution is 5.88. The van der Waals surface area contributed by atoms with Crippen LogP contribution in [-0.2, 0) is 19.1 Å². The van der Waals surface area contributed by atoms with Gasteiger partial charge >= 0.3 is 12.2 Å². The Kier molecular flexibility index (Phi) is 13.8. The minimum atomic E-state index is -2.90. The van der Waals surface area contributed by atoms with E-state index in [0.717, 1.165) is 35.0 Å². The molecular weight excluding hydrogens is 925 g/mol. The molecule has 380 valence electrons. The van der Waals surface area contributed by atoms with Gasteiger partial charge in [0, 0.05) is 44.7 Å². The van der Waals surface area contributed by atoms with E-state index in [0.29, 0.717) is 61.5 Å². The number of alkyl halides is 2. The number of aromatic nitrogens is 4. The third-order valence-electron chi connectivity index (χ3n) is 14.8. The minimum absolute atomic E-state index is 0.183. The van der Waals surface area contributed by atoms with E-state index in [4.69, 9.17) is 19.4 Å². The van der Waals surface area contributed by atoms with Crippen LogP contribution in [0.5, 0.6) is 0 Å². The molecule has 0 bridgehead atoms. The maximum absolute atomic E-state index is 16.4. The molecule has 0 aliphatic carbocycles. The lowest BCUT2D eigenvalue weighted by molar-refractivity contribution is -0.136. The van der Waals surface area contributed by atoms with Gasteiger partial charge < -0.3 is 49.7 Å². The van der Waals surface area contributed by atoms with Crippen molar-refractivity contribution < 1.29 is 46.2 Å². The van der Waals surface area contributed by atoms with Crippen molar-refractivity contribution in [3.05, 3.63) is 82.9 Å². The fourth-order valence-electron chi connectivity index (χ4n) is 11.1. The van der Waals surface area contributed by atoms with Gasteiger partial charge in [0.05, 0.1) is 60.5 Å². The Balaban J connectivity index is 1.04. The molecule has 6 atom stereocenters. The molecule has 5 aromatic rings. The van der Waals surface area contributed by atoms with E-state index in [1.807, 2.05) is 69.0 Å². The number of methoxy groups -OCH3 is 2. The van der Waals surface area contributed by atoms with Crippen LogP contribution in [-0.4, -0.2) is 112 Å². The molecule has 4 aliphatic rings. The van der Waals surface area contributed by atoms with Gasteiger partial charge in [-0.1, -0.05) is 39.8 Å². The lowest BCUT2D eigenvalue weighted by atomic mass is 10.0. The lowest BCUT2D eigenvalue weighted by Gasteiger charge is -2.36. The summed E-state index contributed by atoms with van der Waals surface area (Å²) in [5.41, 5.74) is 4.43. The van der Waals surface area contributed by atoms with E-state index >= 15 is 8.78 Å². The number of piperidine rings is 1. The van der Waals surface area contributed by atoms with Crippen LogP contribution in [0.25, 0.3) is 22.1 Å². The third kappa shape index (κ3) is 9.77. The molecule has 6 heterocycles. The molecule has 2 aromatic heterocycles. The lowest BCUT2D eigenvalue weighted by Crippen LogP contribution is -2.51. The van der Waals surface area contributed by atoms with Crippen molar-refractivity contribution in [3.8, 4) is 0 Å². The van der Waals surface area contributed by atoms with Gasteiger partial charge in [-0.15, -0.1) is 0 Å². The molecule has 71 heavy (non-hydrogen) atoms. The Hall–Kier alpha value is -6.60. The smallest absolute Gasteiger partial charge is 0.407 e. The monoisotopic (exact) mass is 986 g/mol. The molecule has 4 aliphatic heterocycles. The average molecular weight is 987 g/mol. The Morgan fingerprint density at radius 2 is 1.08 bits per heavy atom. The molecule has 16 nitrogen and oxygen atoms in total. The zero-order valence-electron chi connectivity index (χ0n) is 40.9. The van der Waals surface area contributed by atoms with Gasteiger partial charge in [0.2, 0.25) is 11.8 Å². The van der Waals surface area contributed by atoms with Gasteiger partial charge in [-0.25, -0.2) is 37.1 Å². The van der Waals surface area contributed by atoms with Crippen LogP contribution in [0.4, 0.5) is 38.5 Å². The number of likely N-dealkylation sites (tertiary alicyclic amines) is 2. The van der Waals surface area contributed by atoms with Gasteiger partial charge in [0.15, 0.2) is 11.6 Å². The van der Waals surface area contributed by atoms with Crippen molar-refractivity contribution in [2.24, 2.45) is 11.8 Å². The number of hydrogen-bond acceptors (Lipinski definition) is 10. The summed E-state index contributed by atoms with van der Waals surface area (Å²) in [6.45, 7) is 8.05. The maximum atomic E-state index is 16.4. The number of carbonyl (C=O) groups is 4. The fraction of sp³-hybridized carbons (Fsp3) is 0.529. The van der Waals surface area contributed by atoms with E-state index in [9.17, 15) is 28.0 Å². The molecule has 0 unspecified atom stereocenters. The Bertz CT molecular complexity index is 2640. The summed E-state index contributed by atoms with van der Waals surface area (Å²) in [6.07, 6.45) is 1.63. The van der Waals surface area contributed by atoms with Crippen molar-refractivity contribution in [3.63, 3.8) is 0 Å². The average Bonchev–Trinajstić information content (AvgIpc) is 4.20. The highest BCUT2D eigenvalue weighted by Crippen LogP contribution is 2.49.